The normalized spacial score (nSPS) is 13.9. The third kappa shape index (κ3) is 3.48. The number of para-hydroxylation sites is 1. The van der Waals surface area contributed by atoms with Crippen LogP contribution in [-0.4, -0.2) is 25.0 Å². The Bertz CT molecular complexity index is 1240. The largest absolute Gasteiger partial charge is 0.484 e. The lowest BCUT2D eigenvalue weighted by molar-refractivity contribution is -0.118. The SMILES string of the molecule is O=C(COc1ccc(N2CCCC2=O)cc1)Nc1ccc2c(c1)oc1ccccc12. The lowest BCUT2D eigenvalue weighted by atomic mass is 10.1. The number of rotatable bonds is 5. The molecule has 3 aromatic carbocycles. The van der Waals surface area contributed by atoms with Crippen LogP contribution in [0.25, 0.3) is 21.9 Å². The van der Waals surface area contributed by atoms with Crippen LogP contribution in [0.5, 0.6) is 5.75 Å². The van der Waals surface area contributed by atoms with Crippen LogP contribution in [0.2, 0.25) is 0 Å². The first-order valence-corrected chi connectivity index (χ1v) is 9.92. The van der Waals surface area contributed by atoms with Gasteiger partial charge in [-0.25, -0.2) is 0 Å². The van der Waals surface area contributed by atoms with E-state index in [0.717, 1.165) is 40.6 Å². The molecule has 2 heterocycles. The number of anilines is 2. The van der Waals surface area contributed by atoms with Crippen LogP contribution in [0, 0.1) is 0 Å². The second-order valence-electron chi connectivity index (χ2n) is 7.29. The van der Waals surface area contributed by atoms with Gasteiger partial charge in [0, 0.05) is 41.2 Å². The molecule has 1 aromatic heterocycles. The molecule has 2 amide bonds. The van der Waals surface area contributed by atoms with Crippen LogP contribution in [-0.2, 0) is 9.59 Å². The summed E-state index contributed by atoms with van der Waals surface area (Å²) >= 11 is 0. The zero-order valence-electron chi connectivity index (χ0n) is 16.3. The molecule has 0 unspecified atom stereocenters. The van der Waals surface area contributed by atoms with Gasteiger partial charge in [0.15, 0.2) is 6.61 Å². The summed E-state index contributed by atoms with van der Waals surface area (Å²) in [4.78, 5) is 25.9. The number of carbonyl (C=O) groups excluding carboxylic acids is 2. The van der Waals surface area contributed by atoms with Crippen molar-refractivity contribution in [3.8, 4) is 5.75 Å². The van der Waals surface area contributed by atoms with Crippen LogP contribution >= 0.6 is 0 Å². The van der Waals surface area contributed by atoms with Gasteiger partial charge in [-0.1, -0.05) is 18.2 Å². The summed E-state index contributed by atoms with van der Waals surface area (Å²) in [6.45, 7) is 0.636. The molecule has 1 fully saturated rings. The molecule has 1 aliphatic rings. The van der Waals surface area contributed by atoms with E-state index in [4.69, 9.17) is 9.15 Å². The minimum atomic E-state index is -0.260. The van der Waals surface area contributed by atoms with Crippen LogP contribution < -0.4 is 15.0 Å². The molecule has 0 bridgehead atoms. The van der Waals surface area contributed by atoms with Gasteiger partial charge in [0.25, 0.3) is 5.91 Å². The highest BCUT2D eigenvalue weighted by Crippen LogP contribution is 2.30. The Hall–Kier alpha value is -3.80. The van der Waals surface area contributed by atoms with Crippen LogP contribution in [0.15, 0.2) is 71.1 Å². The lowest BCUT2D eigenvalue weighted by Crippen LogP contribution is -2.23. The van der Waals surface area contributed by atoms with Crippen molar-refractivity contribution in [1.82, 2.24) is 0 Å². The number of hydrogen-bond donors (Lipinski definition) is 1. The van der Waals surface area contributed by atoms with Crippen molar-refractivity contribution in [2.75, 3.05) is 23.4 Å². The fraction of sp³-hybridized carbons (Fsp3) is 0.167. The highest BCUT2D eigenvalue weighted by Gasteiger charge is 2.21. The molecule has 0 spiro atoms. The smallest absolute Gasteiger partial charge is 0.262 e. The van der Waals surface area contributed by atoms with Gasteiger partial charge >= 0.3 is 0 Å². The van der Waals surface area contributed by atoms with E-state index in [9.17, 15) is 9.59 Å². The quantitative estimate of drug-likeness (QED) is 0.526. The maximum absolute atomic E-state index is 12.3. The van der Waals surface area contributed by atoms with Crippen molar-refractivity contribution in [1.29, 1.82) is 0 Å². The molecule has 150 valence electrons. The lowest BCUT2D eigenvalue weighted by Gasteiger charge is -2.16. The second kappa shape index (κ2) is 7.55. The molecule has 30 heavy (non-hydrogen) atoms. The predicted octanol–water partition coefficient (Wildman–Crippen LogP) is 4.73. The van der Waals surface area contributed by atoms with E-state index in [0.29, 0.717) is 17.9 Å². The first kappa shape index (κ1) is 18.2. The highest BCUT2D eigenvalue weighted by molar-refractivity contribution is 6.06. The summed E-state index contributed by atoms with van der Waals surface area (Å²) in [5.41, 5.74) is 3.05. The Kier molecular flexibility index (Phi) is 4.59. The molecular weight excluding hydrogens is 380 g/mol. The summed E-state index contributed by atoms with van der Waals surface area (Å²) in [5.74, 6) is 0.460. The van der Waals surface area contributed by atoms with Gasteiger partial charge in [-0.05, 0) is 48.9 Å². The van der Waals surface area contributed by atoms with Gasteiger partial charge < -0.3 is 19.4 Å². The van der Waals surface area contributed by atoms with Gasteiger partial charge in [-0.2, -0.15) is 0 Å². The average Bonchev–Trinajstić information content (AvgIpc) is 3.35. The summed E-state index contributed by atoms with van der Waals surface area (Å²) in [6, 6.07) is 20.7. The molecule has 1 saturated heterocycles. The fourth-order valence-electron chi connectivity index (χ4n) is 3.79. The molecule has 6 heteroatoms. The van der Waals surface area contributed by atoms with E-state index in [1.54, 1.807) is 17.0 Å². The van der Waals surface area contributed by atoms with Crippen molar-refractivity contribution in [3.05, 3.63) is 66.7 Å². The predicted molar refractivity (Wildman–Crippen MR) is 116 cm³/mol. The number of nitrogens with zero attached hydrogens (tertiary/aromatic N) is 1. The Morgan fingerprint density at radius 2 is 1.80 bits per heavy atom. The molecule has 6 nitrogen and oxygen atoms in total. The first-order valence-electron chi connectivity index (χ1n) is 9.92. The molecule has 1 aliphatic heterocycles. The van der Waals surface area contributed by atoms with E-state index >= 15 is 0 Å². The van der Waals surface area contributed by atoms with E-state index in [2.05, 4.69) is 5.32 Å². The molecular formula is C24H20N2O4. The monoisotopic (exact) mass is 400 g/mol. The summed E-state index contributed by atoms with van der Waals surface area (Å²) in [5, 5.41) is 4.89. The van der Waals surface area contributed by atoms with Crippen LogP contribution in [0.1, 0.15) is 12.8 Å². The van der Waals surface area contributed by atoms with Crippen molar-refractivity contribution < 1.29 is 18.7 Å². The van der Waals surface area contributed by atoms with Crippen molar-refractivity contribution >= 4 is 45.1 Å². The molecule has 4 aromatic rings. The van der Waals surface area contributed by atoms with Crippen molar-refractivity contribution in [2.45, 2.75) is 12.8 Å². The second-order valence-corrected chi connectivity index (χ2v) is 7.29. The first-order chi connectivity index (χ1) is 14.7. The Morgan fingerprint density at radius 1 is 1.00 bits per heavy atom. The topological polar surface area (TPSA) is 71.8 Å². The summed E-state index contributed by atoms with van der Waals surface area (Å²) < 4.78 is 11.4. The van der Waals surface area contributed by atoms with E-state index in [-0.39, 0.29) is 18.4 Å². The minimum absolute atomic E-state index is 0.111. The Morgan fingerprint density at radius 3 is 2.60 bits per heavy atom. The number of fused-ring (bicyclic) bond motifs is 3. The van der Waals surface area contributed by atoms with Crippen LogP contribution in [0.4, 0.5) is 11.4 Å². The number of carbonyl (C=O) groups is 2. The highest BCUT2D eigenvalue weighted by atomic mass is 16.5. The van der Waals surface area contributed by atoms with Crippen molar-refractivity contribution in [2.24, 2.45) is 0 Å². The number of hydrogen-bond acceptors (Lipinski definition) is 4. The van der Waals surface area contributed by atoms with Crippen LogP contribution in [0.3, 0.4) is 0 Å². The maximum Gasteiger partial charge on any atom is 0.262 e. The van der Waals surface area contributed by atoms with E-state index < -0.39 is 0 Å². The molecule has 1 N–H and O–H groups in total. The van der Waals surface area contributed by atoms with Gasteiger partial charge in [0.2, 0.25) is 5.91 Å². The van der Waals surface area contributed by atoms with Gasteiger partial charge in [0.05, 0.1) is 0 Å². The minimum Gasteiger partial charge on any atom is -0.484 e. The van der Waals surface area contributed by atoms with E-state index in [1.807, 2.05) is 54.6 Å². The number of amides is 2. The molecule has 0 radical (unpaired) electrons. The Balaban J connectivity index is 1.22. The zero-order chi connectivity index (χ0) is 20.5. The molecule has 5 rings (SSSR count). The average molecular weight is 400 g/mol. The fourth-order valence-corrected chi connectivity index (χ4v) is 3.79. The summed E-state index contributed by atoms with van der Waals surface area (Å²) in [7, 11) is 0. The number of ether oxygens (including phenoxy) is 1. The Labute approximate surface area is 173 Å². The summed E-state index contributed by atoms with van der Waals surface area (Å²) in [6.07, 6.45) is 1.48. The van der Waals surface area contributed by atoms with Crippen molar-refractivity contribution in [3.63, 3.8) is 0 Å². The maximum atomic E-state index is 12.3. The number of nitrogens with one attached hydrogen (secondary N) is 1. The molecule has 0 saturated carbocycles. The third-order valence-corrected chi connectivity index (χ3v) is 5.25. The van der Waals surface area contributed by atoms with Gasteiger partial charge in [-0.3, -0.25) is 9.59 Å². The standard InChI is InChI=1S/C24H20N2O4/c27-23(15-29-18-10-8-17(9-11-18)26-13-3-6-24(26)28)25-16-7-12-20-19-4-1-2-5-21(19)30-22(20)14-16/h1-2,4-5,7-12,14H,3,6,13,15H2,(H,25,27). The number of furan rings is 1. The van der Waals surface area contributed by atoms with Gasteiger partial charge in [0.1, 0.15) is 16.9 Å². The molecule has 0 atom stereocenters. The third-order valence-electron chi connectivity index (χ3n) is 5.25. The number of benzene rings is 3. The van der Waals surface area contributed by atoms with E-state index in [1.165, 1.54) is 0 Å². The molecule has 0 aliphatic carbocycles. The zero-order valence-corrected chi connectivity index (χ0v) is 16.3. The van der Waals surface area contributed by atoms with Gasteiger partial charge in [-0.15, -0.1) is 0 Å².